The first-order valence-corrected chi connectivity index (χ1v) is 9.05. The van der Waals surface area contributed by atoms with Crippen molar-refractivity contribution in [3.63, 3.8) is 0 Å². The molecule has 3 aromatic carbocycles. The molecule has 0 N–H and O–H groups in total. The lowest BCUT2D eigenvalue weighted by Crippen LogP contribution is -2.33. The van der Waals surface area contributed by atoms with Crippen molar-refractivity contribution in [2.75, 3.05) is 18.1 Å². The van der Waals surface area contributed by atoms with Crippen LogP contribution in [0.1, 0.15) is 15.9 Å². The number of nitrogens with zero attached hydrogens (tertiary/aromatic N) is 1. The summed E-state index contributed by atoms with van der Waals surface area (Å²) >= 11 is 0. The second-order valence-electron chi connectivity index (χ2n) is 6.49. The van der Waals surface area contributed by atoms with Crippen LogP contribution in [0, 0.1) is 6.92 Å². The van der Waals surface area contributed by atoms with E-state index in [0.717, 1.165) is 11.3 Å². The summed E-state index contributed by atoms with van der Waals surface area (Å²) in [7, 11) is 0. The molecule has 0 fully saturated rings. The Morgan fingerprint density at radius 3 is 2.21 bits per heavy atom. The van der Waals surface area contributed by atoms with Crippen LogP contribution in [0.3, 0.4) is 0 Å². The number of fused-ring (bicyclic) bond motifs is 1. The third kappa shape index (κ3) is 3.47. The van der Waals surface area contributed by atoms with E-state index in [1.165, 1.54) is 4.90 Å². The number of carbonyl (C=O) groups excluding carboxylic acids is 2. The third-order valence-corrected chi connectivity index (χ3v) is 4.58. The molecule has 0 radical (unpaired) electrons. The van der Waals surface area contributed by atoms with Crippen LogP contribution < -0.4 is 14.4 Å². The van der Waals surface area contributed by atoms with E-state index in [0.29, 0.717) is 29.3 Å². The highest BCUT2D eigenvalue weighted by Crippen LogP contribution is 2.32. The van der Waals surface area contributed by atoms with Crippen LogP contribution in [-0.4, -0.2) is 24.8 Å². The van der Waals surface area contributed by atoms with Crippen LogP contribution in [0.5, 0.6) is 17.2 Å². The summed E-state index contributed by atoms with van der Waals surface area (Å²) in [4.78, 5) is 25.9. The first kappa shape index (κ1) is 17.8. The summed E-state index contributed by atoms with van der Waals surface area (Å²) in [5.41, 5.74) is 2.05. The van der Waals surface area contributed by atoms with Crippen LogP contribution in [0.15, 0.2) is 72.8 Å². The predicted octanol–water partition coefficient (Wildman–Crippen LogP) is 4.40. The van der Waals surface area contributed by atoms with E-state index >= 15 is 0 Å². The number of aryl methyl sites for hydroxylation is 1. The fourth-order valence-corrected chi connectivity index (χ4v) is 3.24. The first-order valence-electron chi connectivity index (χ1n) is 9.05. The molecule has 1 aliphatic heterocycles. The van der Waals surface area contributed by atoms with Crippen molar-refractivity contribution in [3.05, 3.63) is 83.9 Å². The summed E-state index contributed by atoms with van der Waals surface area (Å²) in [5, 5.41) is 0. The highest BCUT2D eigenvalue weighted by atomic mass is 16.5. The number of hydrogen-bond acceptors (Lipinski definition) is 4. The number of benzene rings is 3. The second-order valence-corrected chi connectivity index (χ2v) is 6.49. The van der Waals surface area contributed by atoms with Gasteiger partial charge in [0.1, 0.15) is 23.9 Å². The molecule has 140 valence electrons. The SMILES string of the molecule is Cc1cccc2c1N(CCOc1ccc(Oc3ccccc3)cc1)C(=O)C2=O. The Balaban J connectivity index is 1.37. The number of amides is 1. The molecule has 1 heterocycles. The average Bonchev–Trinajstić information content (AvgIpc) is 2.96. The monoisotopic (exact) mass is 373 g/mol. The van der Waals surface area contributed by atoms with E-state index in [2.05, 4.69) is 0 Å². The molecule has 1 aliphatic rings. The molecule has 0 atom stereocenters. The number of ketones is 1. The quantitative estimate of drug-likeness (QED) is 0.601. The molecular formula is C23H19NO4. The summed E-state index contributed by atoms with van der Waals surface area (Å²) in [6, 6.07) is 22.2. The summed E-state index contributed by atoms with van der Waals surface area (Å²) in [5.74, 6) is 1.19. The van der Waals surface area contributed by atoms with Gasteiger partial charge in [0.25, 0.3) is 11.7 Å². The standard InChI is InChI=1S/C23H19NO4/c1-16-6-5-9-20-21(16)24(23(26)22(20)25)14-15-27-17-10-12-19(13-11-17)28-18-7-3-2-4-8-18/h2-13H,14-15H2,1H3. The number of ether oxygens (including phenoxy) is 2. The Labute approximate surface area is 163 Å². The Bertz CT molecular complexity index is 1010. The van der Waals surface area contributed by atoms with Gasteiger partial charge in [-0.25, -0.2) is 0 Å². The maximum absolute atomic E-state index is 12.3. The van der Waals surface area contributed by atoms with Crippen LogP contribution in [0.25, 0.3) is 0 Å². The van der Waals surface area contributed by atoms with E-state index in [1.807, 2.05) is 67.6 Å². The van der Waals surface area contributed by atoms with E-state index in [-0.39, 0.29) is 6.61 Å². The van der Waals surface area contributed by atoms with E-state index in [9.17, 15) is 9.59 Å². The van der Waals surface area contributed by atoms with Gasteiger partial charge >= 0.3 is 0 Å². The topological polar surface area (TPSA) is 55.8 Å². The van der Waals surface area contributed by atoms with Gasteiger partial charge in [-0.05, 0) is 55.0 Å². The van der Waals surface area contributed by atoms with Gasteiger partial charge in [0.05, 0.1) is 17.8 Å². The maximum atomic E-state index is 12.3. The normalized spacial score (nSPS) is 12.8. The van der Waals surface area contributed by atoms with Gasteiger partial charge in [0.15, 0.2) is 0 Å². The van der Waals surface area contributed by atoms with Crippen LogP contribution in [-0.2, 0) is 4.79 Å². The van der Waals surface area contributed by atoms with Gasteiger partial charge in [0, 0.05) is 0 Å². The maximum Gasteiger partial charge on any atom is 0.299 e. The summed E-state index contributed by atoms with van der Waals surface area (Å²) in [6.45, 7) is 2.49. The minimum atomic E-state index is -0.500. The summed E-state index contributed by atoms with van der Waals surface area (Å²) < 4.78 is 11.5. The summed E-state index contributed by atoms with van der Waals surface area (Å²) in [6.07, 6.45) is 0. The lowest BCUT2D eigenvalue weighted by Gasteiger charge is -2.18. The molecule has 3 aromatic rings. The number of carbonyl (C=O) groups is 2. The highest BCUT2D eigenvalue weighted by Gasteiger charge is 2.36. The van der Waals surface area contributed by atoms with E-state index in [1.54, 1.807) is 12.1 Å². The zero-order chi connectivity index (χ0) is 19.5. The molecule has 0 saturated heterocycles. The molecule has 0 aliphatic carbocycles. The smallest absolute Gasteiger partial charge is 0.299 e. The number of hydrogen-bond donors (Lipinski definition) is 0. The molecule has 0 aromatic heterocycles. The number of rotatable bonds is 6. The largest absolute Gasteiger partial charge is 0.492 e. The molecule has 0 unspecified atom stereocenters. The highest BCUT2D eigenvalue weighted by molar-refractivity contribution is 6.52. The minimum Gasteiger partial charge on any atom is -0.492 e. The van der Waals surface area contributed by atoms with Crippen LogP contribution in [0.4, 0.5) is 5.69 Å². The van der Waals surface area contributed by atoms with Gasteiger partial charge in [-0.3, -0.25) is 9.59 Å². The zero-order valence-corrected chi connectivity index (χ0v) is 15.4. The second kappa shape index (κ2) is 7.56. The Hall–Kier alpha value is -3.60. The molecule has 5 nitrogen and oxygen atoms in total. The lowest BCUT2D eigenvalue weighted by molar-refractivity contribution is -0.114. The molecular weight excluding hydrogens is 354 g/mol. The van der Waals surface area contributed by atoms with Gasteiger partial charge in [0.2, 0.25) is 0 Å². The lowest BCUT2D eigenvalue weighted by atomic mass is 10.1. The van der Waals surface area contributed by atoms with Crippen LogP contribution in [0.2, 0.25) is 0 Å². The van der Waals surface area contributed by atoms with Crippen molar-refractivity contribution in [2.24, 2.45) is 0 Å². The average molecular weight is 373 g/mol. The van der Waals surface area contributed by atoms with Crippen molar-refractivity contribution in [1.29, 1.82) is 0 Å². The van der Waals surface area contributed by atoms with Gasteiger partial charge in [-0.15, -0.1) is 0 Å². The zero-order valence-electron chi connectivity index (χ0n) is 15.4. The Kier molecular flexibility index (Phi) is 4.81. The van der Waals surface area contributed by atoms with Crippen molar-refractivity contribution in [2.45, 2.75) is 6.92 Å². The predicted molar refractivity (Wildman–Crippen MR) is 106 cm³/mol. The molecule has 0 bridgehead atoms. The fourth-order valence-electron chi connectivity index (χ4n) is 3.24. The molecule has 4 rings (SSSR count). The van der Waals surface area contributed by atoms with Crippen molar-refractivity contribution in [1.82, 2.24) is 0 Å². The number of Topliss-reactive ketones (excluding diaryl/α,β-unsaturated/α-hetero) is 1. The number of anilines is 1. The molecule has 1 amide bonds. The molecule has 28 heavy (non-hydrogen) atoms. The molecule has 0 saturated carbocycles. The van der Waals surface area contributed by atoms with Crippen molar-refractivity contribution >= 4 is 17.4 Å². The molecule has 0 spiro atoms. The third-order valence-electron chi connectivity index (χ3n) is 4.58. The van der Waals surface area contributed by atoms with Crippen LogP contribution >= 0.6 is 0 Å². The van der Waals surface area contributed by atoms with E-state index in [4.69, 9.17) is 9.47 Å². The van der Waals surface area contributed by atoms with Crippen molar-refractivity contribution < 1.29 is 19.1 Å². The number of para-hydroxylation sites is 2. The Morgan fingerprint density at radius 1 is 0.786 bits per heavy atom. The van der Waals surface area contributed by atoms with E-state index < -0.39 is 11.7 Å². The van der Waals surface area contributed by atoms with Gasteiger partial charge < -0.3 is 14.4 Å². The Morgan fingerprint density at radius 2 is 1.46 bits per heavy atom. The van der Waals surface area contributed by atoms with Crippen molar-refractivity contribution in [3.8, 4) is 17.2 Å². The fraction of sp³-hybridized carbons (Fsp3) is 0.130. The minimum absolute atomic E-state index is 0.283. The first-order chi connectivity index (χ1) is 13.6. The van der Waals surface area contributed by atoms with Gasteiger partial charge in [-0.2, -0.15) is 0 Å². The molecule has 5 heteroatoms. The van der Waals surface area contributed by atoms with Gasteiger partial charge in [-0.1, -0.05) is 30.3 Å².